The molecule has 3 aromatic carbocycles. The summed E-state index contributed by atoms with van der Waals surface area (Å²) in [6, 6.07) is 19.6. The first kappa shape index (κ1) is 38.5. The van der Waals surface area contributed by atoms with Crippen molar-refractivity contribution in [1.82, 2.24) is 16.2 Å². The van der Waals surface area contributed by atoms with Gasteiger partial charge in [0.25, 0.3) is 17.7 Å². The van der Waals surface area contributed by atoms with Crippen LogP contribution in [0.4, 0.5) is 0 Å². The summed E-state index contributed by atoms with van der Waals surface area (Å²) in [6.07, 6.45) is 5.93. The van der Waals surface area contributed by atoms with Gasteiger partial charge in [-0.2, -0.15) is 0 Å². The number of benzene rings is 3. The Morgan fingerprint density at radius 3 is 1.68 bits per heavy atom. The van der Waals surface area contributed by atoms with Crippen molar-refractivity contribution < 1.29 is 28.7 Å². The number of methoxy groups -OCH3 is 1. The number of hydrazine groups is 1. The van der Waals surface area contributed by atoms with Crippen LogP contribution in [0.1, 0.15) is 116 Å². The Morgan fingerprint density at radius 2 is 1.17 bits per heavy atom. The van der Waals surface area contributed by atoms with Crippen LogP contribution in [-0.2, 0) is 21.4 Å². The van der Waals surface area contributed by atoms with Gasteiger partial charge in [-0.05, 0) is 71.5 Å². The predicted molar refractivity (Wildman–Crippen MR) is 186 cm³/mol. The number of hydrogen-bond donors (Lipinski definition) is 3. The molecule has 0 heterocycles. The second-order valence-electron chi connectivity index (χ2n) is 12.0. The molecule has 0 saturated heterocycles. The molecule has 1 atom stereocenters. The molecule has 0 radical (unpaired) electrons. The average molecular weight is 646 g/mol. The van der Waals surface area contributed by atoms with Crippen molar-refractivity contribution in [1.29, 1.82) is 0 Å². The number of hydrogen-bond acceptors (Lipinski definition) is 6. The van der Waals surface area contributed by atoms with E-state index in [1.54, 1.807) is 60.7 Å². The molecule has 0 aliphatic rings. The van der Waals surface area contributed by atoms with Crippen LogP contribution in [0.5, 0.6) is 5.75 Å². The van der Waals surface area contributed by atoms with Crippen LogP contribution in [0, 0.1) is 0 Å². The van der Waals surface area contributed by atoms with Crippen LogP contribution in [0.25, 0.3) is 0 Å². The summed E-state index contributed by atoms with van der Waals surface area (Å²) in [6.45, 7) is 13.1. The van der Waals surface area contributed by atoms with Gasteiger partial charge in [-0.3, -0.25) is 25.2 Å². The highest BCUT2D eigenvalue weighted by Crippen LogP contribution is 2.22. The minimum absolute atomic E-state index is 0.0487. The Labute approximate surface area is 279 Å². The quantitative estimate of drug-likeness (QED) is 0.0991. The first-order valence-corrected chi connectivity index (χ1v) is 16.4. The summed E-state index contributed by atoms with van der Waals surface area (Å²) < 4.78 is 10.6. The molecule has 0 bridgehead atoms. The molecule has 47 heavy (non-hydrogen) atoms. The van der Waals surface area contributed by atoms with E-state index in [4.69, 9.17) is 9.47 Å². The molecule has 0 aromatic heterocycles. The fraction of sp³-hybridized carbons (Fsp3) is 0.421. The summed E-state index contributed by atoms with van der Waals surface area (Å²) in [5.41, 5.74) is 7.70. The lowest BCUT2D eigenvalue weighted by atomic mass is 9.86. The summed E-state index contributed by atoms with van der Waals surface area (Å²) in [7, 11) is 1.26. The standard InChI is InChI=1S/C36H45N3O6.C2H6/c1-6-7-8-9-10-23-45-30-21-17-28(18-22-30)34(42)39-38-33(41)27-13-11-25(12-14-27)24-31(35(43)44-5)37-32(40)26-15-19-29(20-16-26)36(2,3)4;1-2/h11-22,31H,6-10,23-24H2,1-5H3,(H,37,40)(H,38,41)(H,39,42);1-2H3. The number of unbranched alkanes of at least 4 members (excludes halogenated alkanes) is 4. The molecule has 0 fully saturated rings. The molecular weight excluding hydrogens is 594 g/mol. The minimum atomic E-state index is -0.925. The predicted octanol–water partition coefficient (Wildman–Crippen LogP) is 6.95. The fourth-order valence-electron chi connectivity index (χ4n) is 4.58. The summed E-state index contributed by atoms with van der Waals surface area (Å²) >= 11 is 0. The van der Waals surface area contributed by atoms with Gasteiger partial charge in [0.15, 0.2) is 0 Å². The normalized spacial score (nSPS) is 11.3. The summed E-state index contributed by atoms with van der Waals surface area (Å²) in [5, 5.41) is 2.75. The lowest BCUT2D eigenvalue weighted by Crippen LogP contribution is -2.43. The number of nitrogens with one attached hydrogen (secondary N) is 3. The highest BCUT2D eigenvalue weighted by Gasteiger charge is 2.23. The smallest absolute Gasteiger partial charge is 0.328 e. The first-order valence-electron chi connectivity index (χ1n) is 16.4. The summed E-state index contributed by atoms with van der Waals surface area (Å²) in [5.74, 6) is -1.25. The van der Waals surface area contributed by atoms with Gasteiger partial charge in [0.2, 0.25) is 0 Å². The van der Waals surface area contributed by atoms with Crippen LogP contribution in [0.15, 0.2) is 72.8 Å². The third-order valence-corrected chi connectivity index (χ3v) is 7.38. The van der Waals surface area contributed by atoms with Crippen LogP contribution in [0.3, 0.4) is 0 Å². The van der Waals surface area contributed by atoms with Gasteiger partial charge in [0.05, 0.1) is 13.7 Å². The second kappa shape index (κ2) is 19.8. The molecule has 9 nitrogen and oxygen atoms in total. The van der Waals surface area contributed by atoms with Crippen molar-refractivity contribution in [3.63, 3.8) is 0 Å². The molecule has 3 aromatic rings. The first-order chi connectivity index (χ1) is 22.5. The van der Waals surface area contributed by atoms with Crippen molar-refractivity contribution in [3.05, 3.63) is 101 Å². The molecule has 0 aliphatic heterocycles. The second-order valence-corrected chi connectivity index (χ2v) is 12.0. The minimum Gasteiger partial charge on any atom is -0.494 e. The third-order valence-electron chi connectivity index (χ3n) is 7.38. The van der Waals surface area contributed by atoms with E-state index in [-0.39, 0.29) is 11.8 Å². The van der Waals surface area contributed by atoms with Crippen molar-refractivity contribution in [2.24, 2.45) is 0 Å². The van der Waals surface area contributed by atoms with Gasteiger partial charge in [-0.15, -0.1) is 0 Å². The van der Waals surface area contributed by atoms with Crippen LogP contribution in [-0.4, -0.2) is 43.4 Å². The maximum atomic E-state index is 12.9. The molecule has 9 heteroatoms. The van der Waals surface area contributed by atoms with E-state index in [2.05, 4.69) is 43.9 Å². The molecule has 3 amide bonds. The Hall–Kier alpha value is -4.66. The van der Waals surface area contributed by atoms with E-state index in [9.17, 15) is 19.2 Å². The van der Waals surface area contributed by atoms with Gasteiger partial charge in [0, 0.05) is 23.1 Å². The SMILES string of the molecule is CC.CCCCCCCOc1ccc(C(=O)NNC(=O)c2ccc(CC(NC(=O)c3ccc(C(C)(C)C)cc3)C(=O)OC)cc2)cc1. The Bertz CT molecular complexity index is 1410. The van der Waals surface area contributed by atoms with Crippen LogP contribution >= 0.6 is 0 Å². The van der Waals surface area contributed by atoms with Gasteiger partial charge in [-0.25, -0.2) is 4.79 Å². The molecule has 0 aliphatic carbocycles. The van der Waals surface area contributed by atoms with Crippen molar-refractivity contribution >= 4 is 23.7 Å². The van der Waals surface area contributed by atoms with E-state index in [1.807, 2.05) is 26.0 Å². The number of carbonyl (C=O) groups excluding carboxylic acids is 4. The van der Waals surface area contributed by atoms with E-state index < -0.39 is 29.7 Å². The number of carbonyl (C=O) groups is 4. The summed E-state index contributed by atoms with van der Waals surface area (Å²) in [4.78, 5) is 50.5. The fourth-order valence-corrected chi connectivity index (χ4v) is 4.58. The molecular formula is C38H51N3O6. The van der Waals surface area contributed by atoms with Crippen molar-refractivity contribution in [3.8, 4) is 5.75 Å². The Balaban J connectivity index is 0.00000376. The highest BCUT2D eigenvalue weighted by atomic mass is 16.5. The number of amides is 3. The molecule has 3 rings (SSSR count). The van der Waals surface area contributed by atoms with Crippen molar-refractivity contribution in [2.45, 2.75) is 91.5 Å². The number of esters is 1. The van der Waals surface area contributed by atoms with Crippen molar-refractivity contribution in [2.75, 3.05) is 13.7 Å². The highest BCUT2D eigenvalue weighted by molar-refractivity contribution is 5.99. The number of ether oxygens (including phenoxy) is 2. The van der Waals surface area contributed by atoms with Gasteiger partial charge >= 0.3 is 5.97 Å². The molecule has 0 spiro atoms. The molecule has 3 N–H and O–H groups in total. The van der Waals surface area contributed by atoms with Gasteiger partial charge in [0.1, 0.15) is 11.8 Å². The van der Waals surface area contributed by atoms with E-state index in [1.165, 1.54) is 26.4 Å². The lowest BCUT2D eigenvalue weighted by Gasteiger charge is -2.20. The van der Waals surface area contributed by atoms with Crippen LogP contribution in [0.2, 0.25) is 0 Å². The van der Waals surface area contributed by atoms with Gasteiger partial charge < -0.3 is 14.8 Å². The maximum Gasteiger partial charge on any atom is 0.328 e. The van der Waals surface area contributed by atoms with E-state index >= 15 is 0 Å². The lowest BCUT2D eigenvalue weighted by molar-refractivity contribution is -0.142. The molecule has 254 valence electrons. The molecule has 0 saturated carbocycles. The maximum absolute atomic E-state index is 12.9. The Kier molecular flexibility index (Phi) is 16.2. The zero-order valence-electron chi connectivity index (χ0n) is 28.9. The van der Waals surface area contributed by atoms with Gasteiger partial charge in [-0.1, -0.05) is 91.5 Å². The van der Waals surface area contributed by atoms with E-state index in [0.29, 0.717) is 34.6 Å². The third kappa shape index (κ3) is 12.9. The van der Waals surface area contributed by atoms with Crippen LogP contribution < -0.4 is 20.9 Å². The Morgan fingerprint density at radius 1 is 0.681 bits per heavy atom. The average Bonchev–Trinajstić information content (AvgIpc) is 3.09. The molecule has 1 unspecified atom stereocenters. The topological polar surface area (TPSA) is 123 Å². The monoisotopic (exact) mass is 645 g/mol. The van der Waals surface area contributed by atoms with E-state index in [0.717, 1.165) is 18.4 Å². The zero-order chi connectivity index (χ0) is 34.8. The zero-order valence-corrected chi connectivity index (χ0v) is 28.9. The largest absolute Gasteiger partial charge is 0.494 e. The number of rotatable bonds is 14.